The van der Waals surface area contributed by atoms with E-state index in [4.69, 9.17) is 0 Å². The number of esters is 1. The van der Waals surface area contributed by atoms with E-state index in [0.717, 1.165) is 13.0 Å². The van der Waals surface area contributed by atoms with Crippen LogP contribution in [0.3, 0.4) is 0 Å². The van der Waals surface area contributed by atoms with Crippen LogP contribution in [0.4, 0.5) is 5.82 Å². The monoisotopic (exact) mass is 209 g/mol. The molecule has 0 saturated carbocycles. The Balaban J connectivity index is 2.87. The van der Waals surface area contributed by atoms with Gasteiger partial charge in [-0.25, -0.2) is 9.78 Å². The molecule has 1 aromatic rings. The third kappa shape index (κ3) is 2.90. The molecule has 0 saturated heterocycles. The summed E-state index contributed by atoms with van der Waals surface area (Å²) in [7, 11) is 3.24. The maximum absolute atomic E-state index is 11.2. The van der Waals surface area contributed by atoms with Gasteiger partial charge in [0, 0.05) is 13.6 Å². The molecule has 1 heterocycles. The second kappa shape index (κ2) is 5.29. The summed E-state index contributed by atoms with van der Waals surface area (Å²) in [4.78, 5) is 21.2. The summed E-state index contributed by atoms with van der Waals surface area (Å²) in [5.41, 5.74) is 0.234. The molecule has 0 aromatic carbocycles. The highest BCUT2D eigenvalue weighted by Gasteiger charge is 2.10. The Morgan fingerprint density at radius 2 is 2.27 bits per heavy atom. The molecule has 0 atom stereocenters. The van der Waals surface area contributed by atoms with Crippen LogP contribution in [-0.4, -0.2) is 36.6 Å². The van der Waals surface area contributed by atoms with Crippen molar-refractivity contribution in [2.45, 2.75) is 13.3 Å². The molecule has 0 aliphatic rings. The van der Waals surface area contributed by atoms with Crippen LogP contribution in [0.5, 0.6) is 0 Å². The maximum atomic E-state index is 11.2. The van der Waals surface area contributed by atoms with E-state index < -0.39 is 5.97 Å². The van der Waals surface area contributed by atoms with E-state index in [1.54, 1.807) is 6.20 Å². The van der Waals surface area contributed by atoms with Gasteiger partial charge < -0.3 is 9.64 Å². The van der Waals surface area contributed by atoms with Crippen molar-refractivity contribution in [3.8, 4) is 0 Å². The molecule has 5 nitrogen and oxygen atoms in total. The molecule has 0 fully saturated rings. The van der Waals surface area contributed by atoms with Gasteiger partial charge in [0.25, 0.3) is 0 Å². The van der Waals surface area contributed by atoms with Gasteiger partial charge in [0.15, 0.2) is 5.69 Å². The minimum atomic E-state index is -0.464. The summed E-state index contributed by atoms with van der Waals surface area (Å²) in [6.07, 6.45) is 4.04. The Labute approximate surface area is 89.1 Å². The van der Waals surface area contributed by atoms with Crippen LogP contribution in [0.2, 0.25) is 0 Å². The number of anilines is 1. The van der Waals surface area contributed by atoms with Crippen LogP contribution >= 0.6 is 0 Å². The van der Waals surface area contributed by atoms with Gasteiger partial charge in [0.2, 0.25) is 0 Å². The van der Waals surface area contributed by atoms with Gasteiger partial charge in [0.1, 0.15) is 5.82 Å². The molecular formula is C10H15N3O2. The highest BCUT2D eigenvalue weighted by atomic mass is 16.5. The minimum absolute atomic E-state index is 0.234. The fourth-order valence-corrected chi connectivity index (χ4v) is 1.19. The average Bonchev–Trinajstić information content (AvgIpc) is 2.28. The molecule has 0 N–H and O–H groups in total. The van der Waals surface area contributed by atoms with Gasteiger partial charge >= 0.3 is 5.97 Å². The number of carbonyl (C=O) groups is 1. The van der Waals surface area contributed by atoms with Gasteiger partial charge in [-0.3, -0.25) is 4.98 Å². The summed E-state index contributed by atoms with van der Waals surface area (Å²) in [5, 5.41) is 0. The highest BCUT2D eigenvalue weighted by Crippen LogP contribution is 2.08. The molecule has 0 spiro atoms. The molecule has 15 heavy (non-hydrogen) atoms. The Hall–Kier alpha value is -1.65. The lowest BCUT2D eigenvalue weighted by atomic mass is 10.4. The molecule has 1 rings (SSSR count). The van der Waals surface area contributed by atoms with E-state index in [2.05, 4.69) is 21.6 Å². The van der Waals surface area contributed by atoms with Crippen LogP contribution in [0, 0.1) is 0 Å². The molecule has 5 heteroatoms. The van der Waals surface area contributed by atoms with Gasteiger partial charge in [-0.2, -0.15) is 0 Å². The largest absolute Gasteiger partial charge is 0.464 e. The van der Waals surface area contributed by atoms with Crippen LogP contribution in [-0.2, 0) is 4.74 Å². The van der Waals surface area contributed by atoms with E-state index in [1.807, 2.05) is 11.9 Å². The second-order valence-electron chi connectivity index (χ2n) is 3.18. The first kappa shape index (κ1) is 11.4. The zero-order chi connectivity index (χ0) is 11.3. The Kier molecular flexibility index (Phi) is 4.03. The number of hydrogen-bond donors (Lipinski definition) is 0. The predicted octanol–water partition coefficient (Wildman–Crippen LogP) is 1.11. The molecule has 82 valence electrons. The van der Waals surface area contributed by atoms with E-state index in [1.165, 1.54) is 13.3 Å². The molecule has 0 unspecified atom stereocenters. The smallest absolute Gasteiger partial charge is 0.358 e. The number of nitrogens with zero attached hydrogens (tertiary/aromatic N) is 3. The number of carbonyl (C=O) groups excluding carboxylic acids is 1. The highest BCUT2D eigenvalue weighted by molar-refractivity contribution is 5.87. The first-order valence-corrected chi connectivity index (χ1v) is 4.80. The summed E-state index contributed by atoms with van der Waals surface area (Å²) >= 11 is 0. The Morgan fingerprint density at radius 1 is 1.53 bits per heavy atom. The lowest BCUT2D eigenvalue weighted by Gasteiger charge is -2.16. The number of aromatic nitrogens is 2. The predicted molar refractivity (Wildman–Crippen MR) is 56.9 cm³/mol. The summed E-state index contributed by atoms with van der Waals surface area (Å²) in [5.74, 6) is 0.217. The zero-order valence-electron chi connectivity index (χ0n) is 9.23. The SMILES string of the molecule is CCCN(C)c1cncc(C(=O)OC)n1. The van der Waals surface area contributed by atoms with E-state index in [9.17, 15) is 4.79 Å². The normalized spacial score (nSPS) is 9.80. The Morgan fingerprint density at radius 3 is 2.87 bits per heavy atom. The van der Waals surface area contributed by atoms with Gasteiger partial charge in [-0.15, -0.1) is 0 Å². The van der Waals surface area contributed by atoms with Crippen LogP contribution in [0.1, 0.15) is 23.8 Å². The van der Waals surface area contributed by atoms with Gasteiger partial charge in [0.05, 0.1) is 19.5 Å². The van der Waals surface area contributed by atoms with E-state index >= 15 is 0 Å². The minimum Gasteiger partial charge on any atom is -0.464 e. The van der Waals surface area contributed by atoms with Crippen molar-refractivity contribution < 1.29 is 9.53 Å². The maximum Gasteiger partial charge on any atom is 0.358 e. The number of hydrogen-bond acceptors (Lipinski definition) is 5. The van der Waals surface area contributed by atoms with Gasteiger partial charge in [-0.05, 0) is 6.42 Å². The van der Waals surface area contributed by atoms with Crippen molar-refractivity contribution in [3.63, 3.8) is 0 Å². The number of rotatable bonds is 4. The molecule has 0 aliphatic carbocycles. The molecule has 0 amide bonds. The van der Waals surface area contributed by atoms with Crippen molar-refractivity contribution in [1.82, 2.24) is 9.97 Å². The first-order valence-electron chi connectivity index (χ1n) is 4.80. The van der Waals surface area contributed by atoms with Gasteiger partial charge in [-0.1, -0.05) is 6.92 Å². The van der Waals surface area contributed by atoms with E-state index in [0.29, 0.717) is 5.82 Å². The van der Waals surface area contributed by atoms with E-state index in [-0.39, 0.29) is 5.69 Å². The fraction of sp³-hybridized carbons (Fsp3) is 0.500. The lowest BCUT2D eigenvalue weighted by molar-refractivity contribution is 0.0593. The summed E-state index contributed by atoms with van der Waals surface area (Å²) in [6.45, 7) is 2.95. The summed E-state index contributed by atoms with van der Waals surface area (Å²) in [6, 6.07) is 0. The molecular weight excluding hydrogens is 194 g/mol. The molecule has 0 bridgehead atoms. The van der Waals surface area contributed by atoms with Crippen molar-refractivity contribution in [2.24, 2.45) is 0 Å². The Bertz CT molecular complexity index is 341. The van der Waals surface area contributed by atoms with Crippen LogP contribution < -0.4 is 4.90 Å². The third-order valence-corrected chi connectivity index (χ3v) is 1.97. The average molecular weight is 209 g/mol. The van der Waals surface area contributed by atoms with Crippen molar-refractivity contribution in [2.75, 3.05) is 25.6 Å². The van der Waals surface area contributed by atoms with Crippen LogP contribution in [0.15, 0.2) is 12.4 Å². The topological polar surface area (TPSA) is 55.3 Å². The third-order valence-electron chi connectivity index (χ3n) is 1.97. The second-order valence-corrected chi connectivity index (χ2v) is 3.18. The molecule has 0 aliphatic heterocycles. The lowest BCUT2D eigenvalue weighted by Crippen LogP contribution is -2.20. The fourth-order valence-electron chi connectivity index (χ4n) is 1.19. The molecule has 0 radical (unpaired) electrons. The van der Waals surface area contributed by atoms with Crippen LogP contribution in [0.25, 0.3) is 0 Å². The standard InChI is InChI=1S/C10H15N3O2/c1-4-5-13(2)9-7-11-6-8(12-9)10(14)15-3/h6-7H,4-5H2,1-3H3. The van der Waals surface area contributed by atoms with Crippen molar-refractivity contribution >= 4 is 11.8 Å². The van der Waals surface area contributed by atoms with Crippen molar-refractivity contribution in [1.29, 1.82) is 0 Å². The van der Waals surface area contributed by atoms with Crippen molar-refractivity contribution in [3.05, 3.63) is 18.1 Å². The molecule has 1 aromatic heterocycles. The summed E-state index contributed by atoms with van der Waals surface area (Å²) < 4.78 is 4.57. The quantitative estimate of drug-likeness (QED) is 0.695. The number of ether oxygens (including phenoxy) is 1. The zero-order valence-corrected chi connectivity index (χ0v) is 9.23. The number of methoxy groups -OCH3 is 1. The first-order chi connectivity index (χ1) is 7.19.